The molecule has 1 atom stereocenters. The Balaban J connectivity index is 2.19. The number of halogens is 1. The van der Waals surface area contributed by atoms with Gasteiger partial charge in [0.25, 0.3) is 0 Å². The van der Waals surface area contributed by atoms with E-state index in [-0.39, 0.29) is 0 Å². The van der Waals surface area contributed by atoms with E-state index < -0.39 is 0 Å². The first-order chi connectivity index (χ1) is 9.10. The van der Waals surface area contributed by atoms with Gasteiger partial charge in [0.2, 0.25) is 0 Å². The van der Waals surface area contributed by atoms with Gasteiger partial charge in [-0.2, -0.15) is 0 Å². The summed E-state index contributed by atoms with van der Waals surface area (Å²) in [5.74, 6) is 0. The van der Waals surface area contributed by atoms with E-state index in [9.17, 15) is 0 Å². The number of likely N-dealkylation sites (N-methyl/N-ethyl adjacent to an activating group) is 1. The first-order valence-corrected chi connectivity index (χ1v) is 7.24. The van der Waals surface area contributed by atoms with Crippen LogP contribution in [-0.2, 0) is 6.42 Å². The van der Waals surface area contributed by atoms with Crippen molar-refractivity contribution in [3.63, 3.8) is 0 Å². The molecule has 0 aliphatic carbocycles. The maximum absolute atomic E-state index is 4.48. The molecule has 0 saturated carbocycles. The molecule has 1 N–H and O–H groups in total. The standard InChI is InChI=1S/C16H19BrN2/c1-11-4-6-14(19-10-11)9-16(18-3)13-5-7-15(17)12(2)8-13/h4-8,10,16,18H,9H2,1-3H3. The van der Waals surface area contributed by atoms with Crippen LogP contribution in [0.5, 0.6) is 0 Å². The maximum atomic E-state index is 4.48. The number of hydrogen-bond donors (Lipinski definition) is 1. The maximum Gasteiger partial charge on any atom is 0.0422 e. The molecule has 0 radical (unpaired) electrons. The Bertz CT molecular complexity index is 549. The Morgan fingerprint density at radius 1 is 1.21 bits per heavy atom. The predicted octanol–water partition coefficient (Wildman–Crippen LogP) is 3.96. The van der Waals surface area contributed by atoms with E-state index in [2.05, 4.69) is 70.4 Å². The summed E-state index contributed by atoms with van der Waals surface area (Å²) in [6.07, 6.45) is 2.83. The Morgan fingerprint density at radius 3 is 2.58 bits per heavy atom. The number of nitrogens with one attached hydrogen (secondary N) is 1. The fourth-order valence-corrected chi connectivity index (χ4v) is 2.35. The van der Waals surface area contributed by atoms with Gasteiger partial charge in [-0.15, -0.1) is 0 Å². The fraction of sp³-hybridized carbons (Fsp3) is 0.312. The van der Waals surface area contributed by atoms with Crippen molar-refractivity contribution in [1.82, 2.24) is 10.3 Å². The van der Waals surface area contributed by atoms with E-state index >= 15 is 0 Å². The lowest BCUT2D eigenvalue weighted by atomic mass is 10.00. The molecular formula is C16H19BrN2. The third-order valence-electron chi connectivity index (χ3n) is 3.32. The van der Waals surface area contributed by atoms with E-state index in [0.29, 0.717) is 6.04 Å². The Kier molecular flexibility index (Phi) is 4.72. The van der Waals surface area contributed by atoms with Gasteiger partial charge in [-0.05, 0) is 49.7 Å². The molecule has 0 aliphatic rings. The molecule has 1 heterocycles. The first-order valence-electron chi connectivity index (χ1n) is 6.45. The van der Waals surface area contributed by atoms with Gasteiger partial charge in [0.1, 0.15) is 0 Å². The number of benzene rings is 1. The van der Waals surface area contributed by atoms with Crippen molar-refractivity contribution < 1.29 is 0 Å². The number of aromatic nitrogens is 1. The van der Waals surface area contributed by atoms with Crippen LogP contribution < -0.4 is 5.32 Å². The van der Waals surface area contributed by atoms with E-state index in [1.165, 1.54) is 16.7 Å². The quantitative estimate of drug-likeness (QED) is 0.922. The van der Waals surface area contributed by atoms with Gasteiger partial charge in [0.15, 0.2) is 0 Å². The van der Waals surface area contributed by atoms with Crippen molar-refractivity contribution in [3.05, 3.63) is 63.4 Å². The van der Waals surface area contributed by atoms with Crippen molar-refractivity contribution in [2.45, 2.75) is 26.3 Å². The average Bonchev–Trinajstić information content (AvgIpc) is 2.41. The van der Waals surface area contributed by atoms with Crippen LogP contribution in [0.3, 0.4) is 0 Å². The van der Waals surface area contributed by atoms with Crippen LogP contribution in [0.15, 0.2) is 41.0 Å². The highest BCUT2D eigenvalue weighted by Crippen LogP contribution is 2.23. The van der Waals surface area contributed by atoms with Crippen LogP contribution in [-0.4, -0.2) is 12.0 Å². The van der Waals surface area contributed by atoms with Crippen molar-refractivity contribution in [2.75, 3.05) is 7.05 Å². The topological polar surface area (TPSA) is 24.9 Å². The monoisotopic (exact) mass is 318 g/mol. The molecule has 0 aliphatic heterocycles. The van der Waals surface area contributed by atoms with E-state index in [1.807, 2.05) is 13.2 Å². The molecule has 19 heavy (non-hydrogen) atoms. The minimum absolute atomic E-state index is 0.294. The molecule has 0 spiro atoms. The van der Waals surface area contributed by atoms with Gasteiger partial charge in [-0.25, -0.2) is 0 Å². The molecule has 3 heteroatoms. The molecule has 1 unspecified atom stereocenters. The van der Waals surface area contributed by atoms with Gasteiger partial charge in [0, 0.05) is 28.8 Å². The number of aryl methyl sites for hydroxylation is 2. The van der Waals surface area contributed by atoms with Crippen molar-refractivity contribution >= 4 is 15.9 Å². The van der Waals surface area contributed by atoms with E-state index in [1.54, 1.807) is 0 Å². The number of hydrogen-bond acceptors (Lipinski definition) is 2. The van der Waals surface area contributed by atoms with E-state index in [0.717, 1.165) is 16.6 Å². The van der Waals surface area contributed by atoms with Crippen molar-refractivity contribution in [1.29, 1.82) is 0 Å². The summed E-state index contributed by atoms with van der Waals surface area (Å²) < 4.78 is 1.15. The lowest BCUT2D eigenvalue weighted by Gasteiger charge is -2.17. The molecule has 2 nitrogen and oxygen atoms in total. The van der Waals surface area contributed by atoms with Gasteiger partial charge in [0.05, 0.1) is 0 Å². The molecule has 2 rings (SSSR count). The molecular weight excluding hydrogens is 300 g/mol. The van der Waals surface area contributed by atoms with Crippen LogP contribution in [0.2, 0.25) is 0 Å². The lowest BCUT2D eigenvalue weighted by Crippen LogP contribution is -2.19. The zero-order valence-corrected chi connectivity index (χ0v) is 13.2. The highest BCUT2D eigenvalue weighted by atomic mass is 79.9. The minimum Gasteiger partial charge on any atom is -0.313 e. The fourth-order valence-electron chi connectivity index (χ4n) is 2.10. The molecule has 100 valence electrons. The molecule has 1 aromatic carbocycles. The summed E-state index contributed by atoms with van der Waals surface area (Å²) in [5, 5.41) is 3.37. The molecule has 0 fully saturated rings. The van der Waals surface area contributed by atoms with Crippen LogP contribution in [0.1, 0.15) is 28.4 Å². The summed E-state index contributed by atoms with van der Waals surface area (Å²) in [6, 6.07) is 11.0. The van der Waals surface area contributed by atoms with Gasteiger partial charge in [-0.3, -0.25) is 4.98 Å². The van der Waals surface area contributed by atoms with E-state index in [4.69, 9.17) is 0 Å². The number of nitrogens with zero attached hydrogens (tertiary/aromatic N) is 1. The van der Waals surface area contributed by atoms with Gasteiger partial charge < -0.3 is 5.32 Å². The lowest BCUT2D eigenvalue weighted by molar-refractivity contribution is 0.584. The average molecular weight is 319 g/mol. The smallest absolute Gasteiger partial charge is 0.0422 e. The highest BCUT2D eigenvalue weighted by Gasteiger charge is 2.11. The Labute approximate surface area is 123 Å². The summed E-state index contributed by atoms with van der Waals surface area (Å²) in [6.45, 7) is 4.18. The van der Waals surface area contributed by atoms with Gasteiger partial charge >= 0.3 is 0 Å². The van der Waals surface area contributed by atoms with Crippen molar-refractivity contribution in [2.24, 2.45) is 0 Å². The Morgan fingerprint density at radius 2 is 2.00 bits per heavy atom. The van der Waals surface area contributed by atoms with Crippen molar-refractivity contribution in [3.8, 4) is 0 Å². The van der Waals surface area contributed by atoms with Crippen LogP contribution in [0.25, 0.3) is 0 Å². The highest BCUT2D eigenvalue weighted by molar-refractivity contribution is 9.10. The Hall–Kier alpha value is -1.19. The van der Waals surface area contributed by atoms with Crippen LogP contribution in [0.4, 0.5) is 0 Å². The summed E-state index contributed by atoms with van der Waals surface area (Å²) in [4.78, 5) is 4.48. The van der Waals surface area contributed by atoms with Crippen LogP contribution in [0, 0.1) is 13.8 Å². The summed E-state index contributed by atoms with van der Waals surface area (Å²) in [5.41, 5.74) is 4.87. The number of rotatable bonds is 4. The number of pyridine rings is 1. The van der Waals surface area contributed by atoms with Crippen LogP contribution >= 0.6 is 15.9 Å². The second-order valence-electron chi connectivity index (χ2n) is 4.88. The zero-order valence-electron chi connectivity index (χ0n) is 11.6. The largest absolute Gasteiger partial charge is 0.313 e. The second-order valence-corrected chi connectivity index (χ2v) is 5.74. The third-order valence-corrected chi connectivity index (χ3v) is 4.21. The first kappa shape index (κ1) is 14.2. The molecule has 0 amide bonds. The molecule has 0 bridgehead atoms. The normalized spacial score (nSPS) is 12.4. The SMILES string of the molecule is CNC(Cc1ccc(C)cn1)c1ccc(Br)c(C)c1. The third kappa shape index (κ3) is 3.64. The van der Waals surface area contributed by atoms with Gasteiger partial charge in [-0.1, -0.05) is 34.1 Å². The second kappa shape index (κ2) is 6.31. The predicted molar refractivity (Wildman–Crippen MR) is 83.4 cm³/mol. The summed E-state index contributed by atoms with van der Waals surface area (Å²) in [7, 11) is 2.00. The zero-order chi connectivity index (χ0) is 13.8. The minimum atomic E-state index is 0.294. The molecule has 0 saturated heterocycles. The molecule has 1 aromatic heterocycles. The summed E-state index contributed by atoms with van der Waals surface area (Å²) >= 11 is 3.54. The molecule has 2 aromatic rings.